The highest BCUT2D eigenvalue weighted by Crippen LogP contribution is 2.20. The van der Waals surface area contributed by atoms with Crippen molar-refractivity contribution in [2.75, 3.05) is 13.7 Å². The highest BCUT2D eigenvalue weighted by Gasteiger charge is 2.29. The zero-order chi connectivity index (χ0) is 15.3. The third-order valence-electron chi connectivity index (χ3n) is 2.23. The molecule has 0 aliphatic carbocycles. The molecule has 1 amide bonds. The van der Waals surface area contributed by atoms with Gasteiger partial charge in [0.15, 0.2) is 9.90 Å². The van der Waals surface area contributed by atoms with Crippen LogP contribution in [-0.4, -0.2) is 45.0 Å². The zero-order valence-corrected chi connectivity index (χ0v) is 12.8. The van der Waals surface area contributed by atoms with Crippen molar-refractivity contribution in [1.82, 2.24) is 15.0 Å². The number of hydrogen-bond donors (Lipinski definition) is 2. The van der Waals surface area contributed by atoms with Gasteiger partial charge in [-0.05, 0) is 13.8 Å². The summed E-state index contributed by atoms with van der Waals surface area (Å²) < 4.78 is 30.6. The minimum Gasteiger partial charge on any atom is -0.464 e. The van der Waals surface area contributed by atoms with Crippen LogP contribution >= 0.6 is 11.3 Å². The van der Waals surface area contributed by atoms with E-state index in [-0.39, 0.29) is 9.90 Å². The van der Waals surface area contributed by atoms with E-state index in [0.29, 0.717) is 6.54 Å². The lowest BCUT2D eigenvalue weighted by Gasteiger charge is -2.13. The largest absolute Gasteiger partial charge is 0.464 e. The van der Waals surface area contributed by atoms with E-state index < -0.39 is 27.9 Å². The van der Waals surface area contributed by atoms with Crippen molar-refractivity contribution in [3.8, 4) is 0 Å². The van der Waals surface area contributed by atoms with Gasteiger partial charge in [0.1, 0.15) is 0 Å². The Balaban J connectivity index is 2.98. The maximum Gasteiger partial charge on any atom is 0.358 e. The molecule has 0 spiro atoms. The SMILES string of the molecule is CCNC(=O)C(C)NS(=O)(=O)c1scnc1C(=O)OC. The summed E-state index contributed by atoms with van der Waals surface area (Å²) in [5, 5.41) is 2.49. The summed E-state index contributed by atoms with van der Waals surface area (Å²) in [4.78, 5) is 26.6. The topological polar surface area (TPSA) is 114 Å². The van der Waals surface area contributed by atoms with Crippen molar-refractivity contribution in [1.29, 1.82) is 0 Å². The summed E-state index contributed by atoms with van der Waals surface area (Å²) in [6.07, 6.45) is 0. The van der Waals surface area contributed by atoms with Crippen LogP contribution in [0, 0.1) is 0 Å². The molecule has 1 heterocycles. The highest BCUT2D eigenvalue weighted by molar-refractivity contribution is 7.91. The zero-order valence-electron chi connectivity index (χ0n) is 11.2. The Bertz CT molecular complexity index is 596. The van der Waals surface area contributed by atoms with E-state index in [1.165, 1.54) is 12.4 Å². The van der Waals surface area contributed by atoms with Crippen LogP contribution in [0.25, 0.3) is 0 Å². The molecule has 0 fully saturated rings. The van der Waals surface area contributed by atoms with Gasteiger partial charge in [-0.3, -0.25) is 4.79 Å². The number of methoxy groups -OCH3 is 1. The van der Waals surface area contributed by atoms with Gasteiger partial charge < -0.3 is 10.1 Å². The minimum absolute atomic E-state index is 0.277. The molecule has 20 heavy (non-hydrogen) atoms. The predicted octanol–water partition coefficient (Wildman–Crippen LogP) is -0.267. The molecule has 0 aromatic carbocycles. The fraction of sp³-hybridized carbons (Fsp3) is 0.500. The number of carbonyl (C=O) groups is 2. The smallest absolute Gasteiger partial charge is 0.358 e. The number of nitrogens with zero attached hydrogens (tertiary/aromatic N) is 1. The Morgan fingerprint density at radius 1 is 1.50 bits per heavy atom. The molecule has 112 valence electrons. The summed E-state index contributed by atoms with van der Waals surface area (Å²) in [6.45, 7) is 3.51. The van der Waals surface area contributed by atoms with Crippen LogP contribution in [0.4, 0.5) is 0 Å². The van der Waals surface area contributed by atoms with Crippen LogP contribution in [0.1, 0.15) is 24.3 Å². The number of ether oxygens (including phenoxy) is 1. The van der Waals surface area contributed by atoms with Gasteiger partial charge in [-0.15, -0.1) is 11.3 Å². The maximum absolute atomic E-state index is 12.1. The monoisotopic (exact) mass is 321 g/mol. The van der Waals surface area contributed by atoms with Crippen LogP contribution in [0.2, 0.25) is 0 Å². The summed E-state index contributed by atoms with van der Waals surface area (Å²) in [5.74, 6) is -1.31. The molecule has 1 rings (SSSR count). The van der Waals surface area contributed by atoms with Crippen molar-refractivity contribution in [2.24, 2.45) is 0 Å². The van der Waals surface area contributed by atoms with Gasteiger partial charge in [0.2, 0.25) is 5.91 Å². The van der Waals surface area contributed by atoms with E-state index in [1.807, 2.05) is 0 Å². The molecule has 0 aliphatic heterocycles. The molecule has 0 saturated heterocycles. The minimum atomic E-state index is -4.02. The summed E-state index contributed by atoms with van der Waals surface area (Å²) in [5.41, 5.74) is 0.922. The highest BCUT2D eigenvalue weighted by atomic mass is 32.2. The molecular formula is C10H15N3O5S2. The Morgan fingerprint density at radius 2 is 2.15 bits per heavy atom. The number of amides is 1. The molecule has 1 aromatic heterocycles. The molecule has 8 nitrogen and oxygen atoms in total. The van der Waals surface area contributed by atoms with Gasteiger partial charge in [0, 0.05) is 6.54 Å². The number of esters is 1. The van der Waals surface area contributed by atoms with Crippen LogP contribution in [-0.2, 0) is 19.6 Å². The summed E-state index contributed by atoms with van der Waals surface area (Å²) >= 11 is 0.773. The van der Waals surface area contributed by atoms with E-state index >= 15 is 0 Å². The van der Waals surface area contributed by atoms with Gasteiger partial charge in [-0.2, -0.15) is 4.72 Å². The maximum atomic E-state index is 12.1. The lowest BCUT2D eigenvalue weighted by molar-refractivity contribution is -0.122. The first-order valence-corrected chi connectivity index (χ1v) is 8.01. The Kier molecular flexibility index (Phi) is 5.60. The van der Waals surface area contributed by atoms with Gasteiger partial charge in [-0.1, -0.05) is 0 Å². The Morgan fingerprint density at radius 3 is 2.70 bits per heavy atom. The standard InChI is InChI=1S/C10H15N3O5S2/c1-4-11-8(14)6(2)13-20(16,17)10-7(9(15)18-3)12-5-19-10/h5-6,13H,4H2,1-3H3,(H,11,14). The van der Waals surface area contributed by atoms with Gasteiger partial charge >= 0.3 is 5.97 Å². The second-order valence-corrected chi connectivity index (χ2v) is 6.48. The predicted molar refractivity (Wildman–Crippen MR) is 71.9 cm³/mol. The van der Waals surface area contributed by atoms with Gasteiger partial charge in [-0.25, -0.2) is 18.2 Å². The number of aromatic nitrogens is 1. The van der Waals surface area contributed by atoms with Crippen LogP contribution in [0.15, 0.2) is 9.72 Å². The molecule has 0 saturated carbocycles. The van der Waals surface area contributed by atoms with E-state index in [2.05, 4.69) is 19.8 Å². The number of hydrogen-bond acceptors (Lipinski definition) is 7. The molecule has 0 bridgehead atoms. The van der Waals surface area contributed by atoms with E-state index in [0.717, 1.165) is 18.4 Å². The second kappa shape index (κ2) is 6.77. The fourth-order valence-corrected chi connectivity index (χ4v) is 3.68. The van der Waals surface area contributed by atoms with Crippen molar-refractivity contribution in [3.05, 3.63) is 11.2 Å². The van der Waals surface area contributed by atoms with E-state index in [4.69, 9.17) is 0 Å². The van der Waals surface area contributed by atoms with Crippen LogP contribution in [0.3, 0.4) is 0 Å². The summed E-state index contributed by atoms with van der Waals surface area (Å²) in [7, 11) is -2.89. The normalized spacial score (nSPS) is 12.8. The molecule has 0 aliphatic rings. The van der Waals surface area contributed by atoms with Crippen LogP contribution < -0.4 is 10.0 Å². The first kappa shape index (κ1) is 16.5. The first-order chi connectivity index (χ1) is 9.33. The van der Waals surface area contributed by atoms with Gasteiger partial charge in [0.05, 0.1) is 18.7 Å². The number of rotatable bonds is 6. The number of carbonyl (C=O) groups excluding carboxylic acids is 2. The van der Waals surface area contributed by atoms with Crippen molar-refractivity contribution >= 4 is 33.2 Å². The fourth-order valence-electron chi connectivity index (χ4n) is 1.33. The summed E-state index contributed by atoms with van der Waals surface area (Å²) in [6, 6.07) is -0.965. The van der Waals surface area contributed by atoms with Crippen molar-refractivity contribution < 1.29 is 22.7 Å². The molecule has 10 heteroatoms. The van der Waals surface area contributed by atoms with Crippen molar-refractivity contribution in [3.63, 3.8) is 0 Å². The lowest BCUT2D eigenvalue weighted by atomic mass is 10.3. The number of sulfonamides is 1. The number of thiazole rings is 1. The molecule has 2 N–H and O–H groups in total. The molecule has 1 aromatic rings. The van der Waals surface area contributed by atoms with E-state index in [9.17, 15) is 18.0 Å². The van der Waals surface area contributed by atoms with Gasteiger partial charge in [0.25, 0.3) is 10.0 Å². The Hall–Kier alpha value is -1.52. The van der Waals surface area contributed by atoms with Crippen LogP contribution in [0.5, 0.6) is 0 Å². The molecule has 0 radical (unpaired) electrons. The van der Waals surface area contributed by atoms with E-state index in [1.54, 1.807) is 6.92 Å². The molecule has 1 atom stereocenters. The lowest BCUT2D eigenvalue weighted by Crippen LogP contribution is -2.44. The average molecular weight is 321 g/mol. The first-order valence-electron chi connectivity index (χ1n) is 5.65. The second-order valence-electron chi connectivity index (χ2n) is 3.72. The number of nitrogens with one attached hydrogen (secondary N) is 2. The average Bonchev–Trinajstić information content (AvgIpc) is 2.87. The number of likely N-dealkylation sites (N-methyl/N-ethyl adjacent to an activating group) is 1. The Labute approximate surface area is 120 Å². The third kappa shape index (κ3) is 3.74. The van der Waals surface area contributed by atoms with Crippen molar-refractivity contribution in [2.45, 2.75) is 24.1 Å². The molecular weight excluding hydrogens is 306 g/mol. The third-order valence-corrected chi connectivity index (χ3v) is 5.14. The quantitative estimate of drug-likeness (QED) is 0.697. The molecule has 1 unspecified atom stereocenters.